The quantitative estimate of drug-likeness (QED) is 0.859. The maximum absolute atomic E-state index is 12.0. The summed E-state index contributed by atoms with van der Waals surface area (Å²) in [6.45, 7) is 6.94. The standard InChI is InChI=1S/C14H19NO3/c1-9(2)14(4,13(17)18)15-12(16)11-7-5-6-10(3)8-11/h5-9H,1-4H3,(H,15,16)(H,17,18)/t14-/m1/s1. The van der Waals surface area contributed by atoms with Crippen molar-refractivity contribution in [1.29, 1.82) is 0 Å². The fourth-order valence-corrected chi connectivity index (χ4v) is 1.54. The molecular formula is C14H19NO3. The first-order valence-electron chi connectivity index (χ1n) is 5.90. The van der Waals surface area contributed by atoms with E-state index in [1.54, 1.807) is 32.0 Å². The molecule has 0 aliphatic heterocycles. The summed E-state index contributed by atoms with van der Waals surface area (Å²) in [5, 5.41) is 11.8. The van der Waals surface area contributed by atoms with Gasteiger partial charge in [0, 0.05) is 5.56 Å². The molecule has 1 atom stereocenters. The van der Waals surface area contributed by atoms with Crippen LogP contribution in [-0.4, -0.2) is 22.5 Å². The predicted octanol–water partition coefficient (Wildman–Crippen LogP) is 2.22. The van der Waals surface area contributed by atoms with Crippen molar-refractivity contribution in [2.75, 3.05) is 0 Å². The van der Waals surface area contributed by atoms with Crippen molar-refractivity contribution in [3.63, 3.8) is 0 Å². The molecule has 98 valence electrons. The summed E-state index contributed by atoms with van der Waals surface area (Å²) in [5.74, 6) is -1.60. The maximum Gasteiger partial charge on any atom is 0.329 e. The minimum absolute atomic E-state index is 0.205. The molecule has 2 N–H and O–H groups in total. The molecule has 0 aliphatic carbocycles. The first kappa shape index (κ1) is 14.2. The third-order valence-electron chi connectivity index (χ3n) is 3.25. The van der Waals surface area contributed by atoms with Crippen molar-refractivity contribution in [3.05, 3.63) is 35.4 Å². The summed E-state index contributed by atoms with van der Waals surface area (Å²) < 4.78 is 0. The molecule has 4 nitrogen and oxygen atoms in total. The van der Waals surface area contributed by atoms with E-state index in [1.165, 1.54) is 6.92 Å². The molecule has 0 saturated heterocycles. The van der Waals surface area contributed by atoms with Crippen LogP contribution in [0.15, 0.2) is 24.3 Å². The molecule has 1 rings (SSSR count). The maximum atomic E-state index is 12.0. The van der Waals surface area contributed by atoms with E-state index in [4.69, 9.17) is 0 Å². The van der Waals surface area contributed by atoms with Gasteiger partial charge in [-0.2, -0.15) is 0 Å². The molecule has 0 aromatic heterocycles. The minimum Gasteiger partial charge on any atom is -0.480 e. The first-order chi connectivity index (χ1) is 8.27. The van der Waals surface area contributed by atoms with Gasteiger partial charge in [-0.3, -0.25) is 4.79 Å². The molecule has 1 aromatic carbocycles. The van der Waals surface area contributed by atoms with Gasteiger partial charge in [-0.1, -0.05) is 31.5 Å². The van der Waals surface area contributed by atoms with Gasteiger partial charge in [-0.25, -0.2) is 4.79 Å². The Morgan fingerprint density at radius 3 is 2.39 bits per heavy atom. The monoisotopic (exact) mass is 249 g/mol. The van der Waals surface area contributed by atoms with Crippen molar-refractivity contribution in [2.45, 2.75) is 33.2 Å². The highest BCUT2D eigenvalue weighted by Gasteiger charge is 2.38. The Labute approximate surface area is 107 Å². The average Bonchev–Trinajstić information content (AvgIpc) is 2.28. The van der Waals surface area contributed by atoms with E-state index in [0.717, 1.165) is 5.56 Å². The topological polar surface area (TPSA) is 66.4 Å². The van der Waals surface area contributed by atoms with Crippen molar-refractivity contribution >= 4 is 11.9 Å². The van der Waals surface area contributed by atoms with E-state index in [9.17, 15) is 14.7 Å². The van der Waals surface area contributed by atoms with E-state index in [2.05, 4.69) is 5.32 Å². The van der Waals surface area contributed by atoms with Crippen LogP contribution in [0, 0.1) is 12.8 Å². The van der Waals surface area contributed by atoms with Crippen LogP contribution < -0.4 is 5.32 Å². The molecule has 0 spiro atoms. The molecule has 0 bridgehead atoms. The van der Waals surface area contributed by atoms with E-state index >= 15 is 0 Å². The summed E-state index contributed by atoms with van der Waals surface area (Å²) in [6.07, 6.45) is 0. The SMILES string of the molecule is Cc1cccc(C(=O)N[C@@](C)(C(=O)O)C(C)C)c1. The van der Waals surface area contributed by atoms with Crippen LogP contribution in [0.4, 0.5) is 0 Å². The van der Waals surface area contributed by atoms with Gasteiger partial charge in [0.05, 0.1) is 0 Å². The molecule has 1 aromatic rings. The Hall–Kier alpha value is -1.84. The molecule has 0 heterocycles. The Balaban J connectivity index is 2.96. The lowest BCUT2D eigenvalue weighted by atomic mass is 9.88. The number of carboxylic acid groups (broad SMARTS) is 1. The smallest absolute Gasteiger partial charge is 0.329 e. The number of benzene rings is 1. The Morgan fingerprint density at radius 2 is 1.94 bits per heavy atom. The largest absolute Gasteiger partial charge is 0.480 e. The molecule has 0 saturated carbocycles. The highest BCUT2D eigenvalue weighted by molar-refractivity contribution is 5.97. The lowest BCUT2D eigenvalue weighted by molar-refractivity contribution is -0.145. The second-order valence-electron chi connectivity index (χ2n) is 4.99. The molecule has 18 heavy (non-hydrogen) atoms. The van der Waals surface area contributed by atoms with Crippen molar-refractivity contribution in [3.8, 4) is 0 Å². The third-order valence-corrected chi connectivity index (χ3v) is 3.25. The number of hydrogen-bond acceptors (Lipinski definition) is 2. The van der Waals surface area contributed by atoms with Crippen LogP contribution in [0.1, 0.15) is 36.7 Å². The van der Waals surface area contributed by atoms with Gasteiger partial charge in [-0.15, -0.1) is 0 Å². The van der Waals surface area contributed by atoms with Crippen LogP contribution in [0.3, 0.4) is 0 Å². The number of carbonyl (C=O) groups is 2. The van der Waals surface area contributed by atoms with Crippen LogP contribution in [0.25, 0.3) is 0 Å². The van der Waals surface area contributed by atoms with Crippen LogP contribution in [0.2, 0.25) is 0 Å². The fraction of sp³-hybridized carbons (Fsp3) is 0.429. The van der Waals surface area contributed by atoms with E-state index < -0.39 is 11.5 Å². The fourth-order valence-electron chi connectivity index (χ4n) is 1.54. The molecule has 0 fully saturated rings. The molecular weight excluding hydrogens is 230 g/mol. The first-order valence-corrected chi connectivity index (χ1v) is 5.90. The summed E-state index contributed by atoms with van der Waals surface area (Å²) in [6, 6.07) is 7.07. The van der Waals surface area contributed by atoms with Crippen molar-refractivity contribution < 1.29 is 14.7 Å². The normalized spacial score (nSPS) is 14.1. The summed E-state index contributed by atoms with van der Waals surface area (Å²) in [7, 11) is 0. The van der Waals surface area contributed by atoms with E-state index in [0.29, 0.717) is 5.56 Å². The number of carbonyl (C=O) groups excluding carboxylic acids is 1. The zero-order valence-corrected chi connectivity index (χ0v) is 11.2. The van der Waals surface area contributed by atoms with Gasteiger partial charge in [-0.05, 0) is 31.9 Å². The lowest BCUT2D eigenvalue weighted by Gasteiger charge is -2.30. The second-order valence-corrected chi connectivity index (χ2v) is 4.99. The van der Waals surface area contributed by atoms with Crippen molar-refractivity contribution in [1.82, 2.24) is 5.32 Å². The molecule has 0 aliphatic rings. The average molecular weight is 249 g/mol. The number of amides is 1. The number of rotatable bonds is 4. The van der Waals surface area contributed by atoms with Gasteiger partial charge >= 0.3 is 5.97 Å². The number of aliphatic carboxylic acids is 1. The summed E-state index contributed by atoms with van der Waals surface area (Å²) >= 11 is 0. The lowest BCUT2D eigenvalue weighted by Crippen LogP contribution is -2.55. The van der Waals surface area contributed by atoms with Crippen LogP contribution in [0.5, 0.6) is 0 Å². The Bertz CT molecular complexity index is 468. The zero-order valence-electron chi connectivity index (χ0n) is 11.2. The van der Waals surface area contributed by atoms with E-state index in [-0.39, 0.29) is 11.8 Å². The Morgan fingerprint density at radius 1 is 1.33 bits per heavy atom. The number of aryl methyl sites for hydroxylation is 1. The van der Waals surface area contributed by atoms with Crippen molar-refractivity contribution in [2.24, 2.45) is 5.92 Å². The molecule has 1 amide bonds. The van der Waals surface area contributed by atoms with Crippen LogP contribution in [-0.2, 0) is 4.79 Å². The van der Waals surface area contributed by atoms with Gasteiger partial charge in [0.1, 0.15) is 5.54 Å². The highest BCUT2D eigenvalue weighted by Crippen LogP contribution is 2.18. The van der Waals surface area contributed by atoms with E-state index in [1.807, 2.05) is 13.0 Å². The molecule has 0 radical (unpaired) electrons. The third kappa shape index (κ3) is 2.88. The number of nitrogens with one attached hydrogen (secondary N) is 1. The number of carboxylic acids is 1. The summed E-state index contributed by atoms with van der Waals surface area (Å²) in [4.78, 5) is 23.3. The molecule has 4 heteroatoms. The second kappa shape index (κ2) is 5.21. The Kier molecular flexibility index (Phi) is 4.11. The minimum atomic E-state index is -1.26. The zero-order chi connectivity index (χ0) is 13.9. The van der Waals surface area contributed by atoms with Crippen LogP contribution >= 0.6 is 0 Å². The highest BCUT2D eigenvalue weighted by atomic mass is 16.4. The number of hydrogen-bond donors (Lipinski definition) is 2. The predicted molar refractivity (Wildman–Crippen MR) is 69.5 cm³/mol. The van der Waals surface area contributed by atoms with Gasteiger partial charge < -0.3 is 10.4 Å². The molecule has 0 unspecified atom stereocenters. The van der Waals surface area contributed by atoms with Gasteiger partial charge in [0.25, 0.3) is 5.91 Å². The van der Waals surface area contributed by atoms with Gasteiger partial charge in [0.2, 0.25) is 0 Å². The van der Waals surface area contributed by atoms with Gasteiger partial charge in [0.15, 0.2) is 0 Å². The summed E-state index contributed by atoms with van der Waals surface area (Å²) in [5.41, 5.74) is 0.174.